The molecule has 0 spiro atoms. The molecule has 0 aromatic heterocycles. The van der Waals surface area contributed by atoms with Crippen molar-refractivity contribution in [2.75, 3.05) is 14.2 Å². The van der Waals surface area contributed by atoms with Gasteiger partial charge in [0.15, 0.2) is 0 Å². The van der Waals surface area contributed by atoms with Gasteiger partial charge in [0.2, 0.25) is 0 Å². The summed E-state index contributed by atoms with van der Waals surface area (Å²) in [7, 11) is -4.41. The molecule has 0 heterocycles. The van der Waals surface area contributed by atoms with Crippen LogP contribution in [-0.4, -0.2) is 39.1 Å². The maximum Gasteiger partial charge on any atom is 0.337 e. The number of methoxy groups -OCH3 is 2. The second-order valence-corrected chi connectivity index (χ2v) is 14.5. The molecule has 0 N–H and O–H groups in total. The third-order valence-corrected chi connectivity index (χ3v) is 12.1. The first-order chi connectivity index (χ1) is 21.2. The molecule has 7 nitrogen and oxygen atoms in total. The Morgan fingerprint density at radius 3 is 1.25 bits per heavy atom. The van der Waals surface area contributed by atoms with E-state index in [1.807, 2.05) is 0 Å². The van der Waals surface area contributed by atoms with Crippen molar-refractivity contribution in [2.45, 2.75) is 11.1 Å². The predicted molar refractivity (Wildman–Crippen MR) is 172 cm³/mol. The normalized spacial score (nSPS) is 11.1. The highest BCUT2D eigenvalue weighted by molar-refractivity contribution is 7.95. The van der Waals surface area contributed by atoms with Crippen molar-refractivity contribution in [1.29, 1.82) is 0 Å². The zero-order valence-electron chi connectivity index (χ0n) is 24.2. The molecular weight excluding hydrogens is 595 g/mol. The van der Waals surface area contributed by atoms with Crippen molar-refractivity contribution < 1.29 is 32.0 Å². The van der Waals surface area contributed by atoms with E-state index >= 15 is 0 Å². The molecular formula is C35H31O7PS. The SMILES string of the molecule is COC(=O)c1cc(C(=O)OC)cc(S(=O)(=O)[O-])c1.c1ccc(C[P+](c2ccccc2)(c2ccccc2)c2ccccc2)cc1. The number of hydrogen-bond acceptors (Lipinski definition) is 7. The van der Waals surface area contributed by atoms with Crippen LogP contribution in [0.25, 0.3) is 0 Å². The van der Waals surface area contributed by atoms with Crippen LogP contribution in [0.15, 0.2) is 144 Å². The summed E-state index contributed by atoms with van der Waals surface area (Å²) in [5.41, 5.74) is 0.932. The summed E-state index contributed by atoms with van der Waals surface area (Å²) < 4.78 is 41.5. The van der Waals surface area contributed by atoms with Gasteiger partial charge in [-0.3, -0.25) is 0 Å². The van der Waals surface area contributed by atoms with E-state index in [0.717, 1.165) is 38.6 Å². The first kappa shape index (κ1) is 32.3. The Labute approximate surface area is 258 Å². The van der Waals surface area contributed by atoms with Crippen molar-refractivity contribution in [2.24, 2.45) is 0 Å². The van der Waals surface area contributed by atoms with Gasteiger partial charge in [-0.1, -0.05) is 84.9 Å². The molecule has 0 saturated heterocycles. The van der Waals surface area contributed by atoms with Crippen LogP contribution in [0.3, 0.4) is 0 Å². The van der Waals surface area contributed by atoms with Gasteiger partial charge in [-0.05, 0) is 60.2 Å². The summed E-state index contributed by atoms with van der Waals surface area (Å²) in [5, 5.41) is 4.30. The number of ether oxygens (including phenoxy) is 2. The fourth-order valence-electron chi connectivity index (χ4n) is 4.84. The molecule has 9 heteroatoms. The molecule has 0 aliphatic carbocycles. The number of carbonyl (C=O) groups is 2. The van der Waals surface area contributed by atoms with E-state index in [0.29, 0.717) is 0 Å². The van der Waals surface area contributed by atoms with Gasteiger partial charge in [0.05, 0.1) is 36.4 Å². The predicted octanol–water partition coefficient (Wildman–Crippen LogP) is 5.34. The largest absolute Gasteiger partial charge is 0.744 e. The minimum atomic E-state index is -4.80. The minimum absolute atomic E-state index is 0.227. The summed E-state index contributed by atoms with van der Waals surface area (Å²) in [4.78, 5) is 21.9. The van der Waals surface area contributed by atoms with Gasteiger partial charge in [-0.2, -0.15) is 0 Å². The van der Waals surface area contributed by atoms with Crippen LogP contribution in [0.5, 0.6) is 0 Å². The van der Waals surface area contributed by atoms with Crippen LogP contribution in [-0.2, 0) is 25.8 Å². The van der Waals surface area contributed by atoms with Gasteiger partial charge < -0.3 is 14.0 Å². The van der Waals surface area contributed by atoms with Crippen molar-refractivity contribution in [3.8, 4) is 0 Å². The molecule has 224 valence electrons. The van der Waals surface area contributed by atoms with Gasteiger partial charge in [-0.15, -0.1) is 0 Å². The second kappa shape index (κ2) is 14.7. The van der Waals surface area contributed by atoms with E-state index < -0.39 is 34.2 Å². The zero-order valence-corrected chi connectivity index (χ0v) is 25.9. The van der Waals surface area contributed by atoms with E-state index in [9.17, 15) is 22.6 Å². The summed E-state index contributed by atoms with van der Waals surface area (Å²) in [6.45, 7) is 0. The number of carbonyl (C=O) groups excluding carboxylic acids is 2. The number of esters is 2. The molecule has 0 aliphatic rings. The quantitative estimate of drug-likeness (QED) is 0.130. The third kappa shape index (κ3) is 7.66. The van der Waals surface area contributed by atoms with Gasteiger partial charge in [0.25, 0.3) is 0 Å². The standard InChI is InChI=1S/C25H22P.C10H10O7S/c1-5-13-22(14-6-1)21-26(23-15-7-2-8-16-23,24-17-9-3-10-18-24)25-19-11-4-12-20-25;1-16-9(11)6-3-7(10(12)17-2)5-8(4-6)18(13,14)15/h1-20H,21H2;3-5H,1-2H3,(H,13,14,15)/q+1;/p-1. The molecule has 0 amide bonds. The molecule has 0 fully saturated rings. The highest BCUT2D eigenvalue weighted by atomic mass is 32.2. The molecule has 5 aromatic rings. The topological polar surface area (TPSA) is 110 Å². The van der Waals surface area contributed by atoms with Crippen LogP contribution in [0.2, 0.25) is 0 Å². The van der Waals surface area contributed by atoms with Crippen LogP contribution in [0.1, 0.15) is 26.3 Å². The minimum Gasteiger partial charge on any atom is -0.744 e. The van der Waals surface area contributed by atoms with E-state index in [-0.39, 0.29) is 11.1 Å². The van der Waals surface area contributed by atoms with E-state index in [1.54, 1.807) is 0 Å². The average Bonchev–Trinajstić information content (AvgIpc) is 3.07. The highest BCUT2D eigenvalue weighted by Gasteiger charge is 2.45. The van der Waals surface area contributed by atoms with Crippen molar-refractivity contribution in [3.05, 3.63) is 156 Å². The third-order valence-electron chi connectivity index (χ3n) is 6.89. The van der Waals surface area contributed by atoms with Crippen LogP contribution >= 0.6 is 7.26 Å². The lowest BCUT2D eigenvalue weighted by Crippen LogP contribution is -2.32. The fraction of sp³-hybridized carbons (Fsp3) is 0.0857. The van der Waals surface area contributed by atoms with Gasteiger partial charge in [0, 0.05) is 0 Å². The van der Waals surface area contributed by atoms with Gasteiger partial charge in [-0.25, -0.2) is 18.0 Å². The second-order valence-electron chi connectivity index (χ2n) is 9.64. The van der Waals surface area contributed by atoms with E-state index in [1.165, 1.54) is 21.5 Å². The first-order valence-electron chi connectivity index (χ1n) is 13.6. The molecule has 0 saturated carbocycles. The molecule has 5 aromatic carbocycles. The lowest BCUT2D eigenvalue weighted by atomic mass is 10.1. The van der Waals surface area contributed by atoms with Crippen LogP contribution in [0, 0.1) is 0 Å². The molecule has 0 unspecified atom stereocenters. The molecule has 0 aliphatic heterocycles. The zero-order chi connectivity index (χ0) is 31.6. The molecule has 0 radical (unpaired) electrons. The van der Waals surface area contributed by atoms with Crippen molar-refractivity contribution in [3.63, 3.8) is 0 Å². The Bertz CT molecular complexity index is 1670. The summed E-state index contributed by atoms with van der Waals surface area (Å²) >= 11 is 0. The van der Waals surface area contributed by atoms with E-state index in [2.05, 4.69) is 131 Å². The lowest BCUT2D eigenvalue weighted by Gasteiger charge is -2.27. The maximum atomic E-state index is 11.3. The first-order valence-corrected chi connectivity index (χ1v) is 16.9. The molecule has 0 bridgehead atoms. The Hall–Kier alpha value is -4.62. The highest BCUT2D eigenvalue weighted by Crippen LogP contribution is 2.58. The molecule has 0 atom stereocenters. The summed E-state index contributed by atoms with van der Waals surface area (Å²) in [5.74, 6) is -1.74. The maximum absolute atomic E-state index is 11.3. The van der Waals surface area contributed by atoms with Gasteiger partial charge in [0.1, 0.15) is 33.3 Å². The average molecular weight is 627 g/mol. The summed E-state index contributed by atoms with van der Waals surface area (Å²) in [6.07, 6.45) is 1.03. The smallest absolute Gasteiger partial charge is 0.337 e. The van der Waals surface area contributed by atoms with Crippen LogP contribution in [0.4, 0.5) is 0 Å². The fourth-order valence-corrected chi connectivity index (χ4v) is 9.63. The number of rotatable bonds is 8. The Balaban J connectivity index is 0.000000217. The molecule has 44 heavy (non-hydrogen) atoms. The van der Waals surface area contributed by atoms with Gasteiger partial charge >= 0.3 is 11.9 Å². The van der Waals surface area contributed by atoms with Crippen LogP contribution < -0.4 is 15.9 Å². The lowest BCUT2D eigenvalue weighted by molar-refractivity contribution is 0.0598. The monoisotopic (exact) mass is 626 g/mol. The Morgan fingerprint density at radius 2 is 0.932 bits per heavy atom. The summed E-state index contributed by atoms with van der Waals surface area (Å²) in [6, 6.07) is 46.8. The number of benzene rings is 5. The van der Waals surface area contributed by atoms with E-state index in [4.69, 9.17) is 0 Å². The van der Waals surface area contributed by atoms with Crippen molar-refractivity contribution in [1.82, 2.24) is 0 Å². The molecule has 5 rings (SSSR count). The Morgan fingerprint density at radius 1 is 0.591 bits per heavy atom. The number of hydrogen-bond donors (Lipinski definition) is 0. The van der Waals surface area contributed by atoms with Crippen molar-refractivity contribution >= 4 is 45.2 Å². The Kier molecular flexibility index (Phi) is 10.8.